The molecule has 1 saturated heterocycles. The van der Waals surface area contributed by atoms with E-state index in [1.807, 2.05) is 23.0 Å². The van der Waals surface area contributed by atoms with Crippen LogP contribution in [-0.4, -0.2) is 102 Å². The van der Waals surface area contributed by atoms with Gasteiger partial charge in [0.1, 0.15) is 47.9 Å². The quantitative estimate of drug-likeness (QED) is 0.0348. The highest BCUT2D eigenvalue weighted by Crippen LogP contribution is 2.41. The van der Waals surface area contributed by atoms with Crippen molar-refractivity contribution in [1.29, 1.82) is 0 Å². The number of esters is 1. The number of nitrogens with one attached hydrogen (secondary N) is 3. The van der Waals surface area contributed by atoms with E-state index in [0.29, 0.717) is 23.1 Å². The highest BCUT2D eigenvalue weighted by atomic mass is 32.2. The second kappa shape index (κ2) is 18.1. The predicted molar refractivity (Wildman–Crippen MR) is 218 cm³/mol. The number of β-lactam (4-membered cyclic amide) rings is 1. The van der Waals surface area contributed by atoms with E-state index in [1.54, 1.807) is 65.3 Å². The van der Waals surface area contributed by atoms with Crippen LogP contribution in [-0.2, 0) is 48.4 Å². The highest BCUT2D eigenvalue weighted by molar-refractivity contribution is 8.00. The first-order valence-corrected chi connectivity index (χ1v) is 21.1. The number of carbonyl (C=O) groups is 4. The molecule has 0 radical (unpaired) electrons. The lowest BCUT2D eigenvalue weighted by Gasteiger charge is -2.49. The van der Waals surface area contributed by atoms with Crippen LogP contribution in [0.15, 0.2) is 65.3 Å². The van der Waals surface area contributed by atoms with Gasteiger partial charge in [-0.15, -0.1) is 16.7 Å². The van der Waals surface area contributed by atoms with Crippen molar-refractivity contribution in [3.05, 3.63) is 71.6 Å². The molecule has 3 amide bonds. The first-order valence-electron chi connectivity index (χ1n) is 19.3. The Hall–Kier alpha value is -5.60. The number of amides is 3. The van der Waals surface area contributed by atoms with Crippen LogP contribution in [0.25, 0.3) is 11.2 Å². The van der Waals surface area contributed by atoms with Crippen LogP contribution >= 0.6 is 23.3 Å². The molecule has 0 bridgehead atoms. The zero-order valence-electron chi connectivity index (χ0n) is 33.4. The summed E-state index contributed by atoms with van der Waals surface area (Å²) in [4.78, 5) is 69.8. The van der Waals surface area contributed by atoms with Gasteiger partial charge in [-0.05, 0) is 83.3 Å². The van der Waals surface area contributed by atoms with Gasteiger partial charge in [-0.1, -0.05) is 17.3 Å². The number of benzene rings is 1. The van der Waals surface area contributed by atoms with Gasteiger partial charge in [0.25, 0.3) is 11.8 Å². The number of methoxy groups -OCH3 is 1. The van der Waals surface area contributed by atoms with Gasteiger partial charge < -0.3 is 29.7 Å². The van der Waals surface area contributed by atoms with Crippen LogP contribution in [0.5, 0.6) is 5.75 Å². The zero-order chi connectivity index (χ0) is 41.7. The molecule has 1 aliphatic carbocycles. The molecule has 20 heteroatoms. The number of aryl methyl sites for hydroxylation is 1. The standard InChI is InChI=1S/C39H46N10O8S2/c1-6-56-45-28(31-43-37(59-46-31)44-38(53)57-39(2,3)4)33(50)42-29-34(51)49-30(36(52)55-20-23-10-14-26(54-5)15-11-23)24(21-58-35(29)49)19-48-22-47(18-8-17-40-25-12-13-25)27-9-7-16-41-32(27)48/h7,9-11,14-16,22,25,29,35,40H,6,8,12-13,17-21H2,1-5H3,(H-,42,43,44,46,50,53)/p+1/b45-28-. The number of ether oxygens (including phenoxy) is 3. The van der Waals surface area contributed by atoms with Crippen LogP contribution in [0.2, 0.25) is 0 Å². The molecule has 2 aliphatic heterocycles. The Morgan fingerprint density at radius 3 is 2.64 bits per heavy atom. The van der Waals surface area contributed by atoms with E-state index < -0.39 is 40.9 Å². The molecular weight excluding hydrogens is 801 g/mol. The largest absolute Gasteiger partial charge is 0.497 e. The SMILES string of the molecule is CCO/N=C(\C(=O)NC1C(=O)N2C(C(=O)OCc3ccc(OC)cc3)=C(C[n+]3cn(CCCNC4CC4)c4cccnc43)CSC12)c1nsc(NC(=O)OC(C)(C)C)n1. The molecule has 7 rings (SSSR count). The summed E-state index contributed by atoms with van der Waals surface area (Å²) >= 11 is 2.23. The second-order valence-corrected chi connectivity index (χ2v) is 16.9. The number of imidazole rings is 1. The fraction of sp³-hybridized carbons (Fsp3) is 0.462. The third-order valence-corrected chi connectivity index (χ3v) is 11.3. The molecule has 59 heavy (non-hydrogen) atoms. The fourth-order valence-corrected chi connectivity index (χ4v) is 8.37. The Balaban J connectivity index is 1.11. The minimum absolute atomic E-state index is 0.0365. The van der Waals surface area contributed by atoms with Crippen molar-refractivity contribution in [2.24, 2.45) is 5.16 Å². The number of pyridine rings is 1. The average Bonchev–Trinajstić information content (AvgIpc) is 3.83. The van der Waals surface area contributed by atoms with E-state index in [0.717, 1.165) is 47.8 Å². The number of anilines is 1. The molecule has 2 fully saturated rings. The number of hydrogen-bond donors (Lipinski definition) is 3. The summed E-state index contributed by atoms with van der Waals surface area (Å²) in [5.74, 6) is -1.05. The molecule has 2 atom stereocenters. The van der Waals surface area contributed by atoms with Gasteiger partial charge in [0, 0.05) is 28.9 Å². The molecule has 4 aromatic rings. The Morgan fingerprint density at radius 2 is 1.92 bits per heavy atom. The van der Waals surface area contributed by atoms with E-state index in [4.69, 9.17) is 19.0 Å². The van der Waals surface area contributed by atoms with Crippen molar-refractivity contribution in [1.82, 2.24) is 34.4 Å². The number of aromatic nitrogens is 5. The fourth-order valence-electron chi connectivity index (χ4n) is 6.48. The molecule has 1 saturated carbocycles. The summed E-state index contributed by atoms with van der Waals surface area (Å²) in [7, 11) is 1.57. The number of nitrogens with zero attached hydrogens (tertiary/aromatic N) is 7. The Kier molecular flexibility index (Phi) is 12.8. The molecule has 3 N–H and O–H groups in total. The predicted octanol–water partition coefficient (Wildman–Crippen LogP) is 3.51. The summed E-state index contributed by atoms with van der Waals surface area (Å²) in [6.45, 7) is 8.92. The van der Waals surface area contributed by atoms with Crippen molar-refractivity contribution >= 4 is 69.2 Å². The van der Waals surface area contributed by atoms with E-state index in [9.17, 15) is 19.2 Å². The van der Waals surface area contributed by atoms with Crippen molar-refractivity contribution in [2.75, 3.05) is 31.3 Å². The van der Waals surface area contributed by atoms with Gasteiger partial charge in [0.2, 0.25) is 16.7 Å². The second-order valence-electron chi connectivity index (χ2n) is 15.0. The lowest BCUT2D eigenvalue weighted by Crippen LogP contribution is -2.71. The van der Waals surface area contributed by atoms with Crippen LogP contribution in [0, 0.1) is 0 Å². The number of rotatable bonds is 17. The van der Waals surface area contributed by atoms with Crippen molar-refractivity contribution in [3.8, 4) is 5.75 Å². The van der Waals surface area contributed by atoms with Gasteiger partial charge in [-0.3, -0.25) is 24.4 Å². The highest BCUT2D eigenvalue weighted by Gasteiger charge is 2.55. The van der Waals surface area contributed by atoms with Crippen molar-refractivity contribution in [2.45, 2.75) is 89.7 Å². The van der Waals surface area contributed by atoms with E-state index >= 15 is 0 Å². The maximum absolute atomic E-state index is 14.1. The summed E-state index contributed by atoms with van der Waals surface area (Å²) in [5.41, 5.74) is 2.19. The third-order valence-electron chi connectivity index (χ3n) is 9.38. The average molecular weight is 848 g/mol. The topological polar surface area (TPSA) is 204 Å². The normalized spacial score (nSPS) is 17.9. The minimum atomic E-state index is -1.02. The van der Waals surface area contributed by atoms with Gasteiger partial charge in [-0.25, -0.2) is 14.2 Å². The Labute approximate surface area is 348 Å². The smallest absolute Gasteiger partial charge is 0.414 e. The van der Waals surface area contributed by atoms with Gasteiger partial charge >= 0.3 is 17.7 Å². The first kappa shape index (κ1) is 41.6. The first-order chi connectivity index (χ1) is 28.4. The van der Waals surface area contributed by atoms with Gasteiger partial charge in [0.05, 0.1) is 20.2 Å². The number of oxime groups is 1. The summed E-state index contributed by atoms with van der Waals surface area (Å²) in [6, 6.07) is 10.7. The number of carbonyl (C=O) groups excluding carboxylic acids is 4. The molecule has 1 aromatic carbocycles. The molecule has 3 aliphatic rings. The summed E-state index contributed by atoms with van der Waals surface area (Å²) < 4.78 is 24.7. The van der Waals surface area contributed by atoms with Gasteiger partial charge in [-0.2, -0.15) is 9.36 Å². The van der Waals surface area contributed by atoms with Crippen molar-refractivity contribution in [3.63, 3.8) is 0 Å². The zero-order valence-corrected chi connectivity index (χ0v) is 35.1. The van der Waals surface area contributed by atoms with E-state index in [-0.39, 0.29) is 42.1 Å². The molecule has 2 unspecified atom stereocenters. The van der Waals surface area contributed by atoms with Crippen LogP contribution in [0.3, 0.4) is 0 Å². The maximum Gasteiger partial charge on any atom is 0.414 e. The third kappa shape index (κ3) is 9.99. The summed E-state index contributed by atoms with van der Waals surface area (Å²) in [5, 5.41) is 12.2. The van der Waals surface area contributed by atoms with Crippen LogP contribution in [0.4, 0.5) is 9.93 Å². The van der Waals surface area contributed by atoms with E-state index in [2.05, 4.69) is 40.0 Å². The van der Waals surface area contributed by atoms with E-state index in [1.165, 1.54) is 29.5 Å². The molecule has 5 heterocycles. The van der Waals surface area contributed by atoms with Crippen LogP contribution in [0.1, 0.15) is 58.3 Å². The molecule has 3 aromatic heterocycles. The lowest BCUT2D eigenvalue weighted by atomic mass is 10.0. The summed E-state index contributed by atoms with van der Waals surface area (Å²) in [6.07, 6.45) is 6.38. The molecule has 0 spiro atoms. The Bertz CT molecular complexity index is 2260. The number of fused-ring (bicyclic) bond motifs is 2. The van der Waals surface area contributed by atoms with Crippen molar-refractivity contribution < 1.29 is 42.8 Å². The molecular formula is C39H47N10O8S2+. The monoisotopic (exact) mass is 847 g/mol. The molecule has 18 nitrogen and oxygen atoms in total. The Morgan fingerprint density at radius 1 is 1.12 bits per heavy atom. The minimum Gasteiger partial charge on any atom is -0.497 e. The van der Waals surface area contributed by atoms with Gasteiger partial charge in [0.15, 0.2) is 11.8 Å². The molecule has 312 valence electrons. The van der Waals surface area contributed by atoms with Crippen LogP contribution < -0.4 is 25.3 Å². The number of hydrogen-bond acceptors (Lipinski definition) is 15. The number of thioether (sulfide) groups is 1. The maximum atomic E-state index is 14.1. The lowest BCUT2D eigenvalue weighted by molar-refractivity contribution is -0.665.